The highest BCUT2D eigenvalue weighted by molar-refractivity contribution is 5.84. The molecule has 0 bridgehead atoms. The third-order valence-electron chi connectivity index (χ3n) is 2.51. The Balaban J connectivity index is 3.18. The van der Waals surface area contributed by atoms with Gasteiger partial charge in [-0.25, -0.2) is 0 Å². The van der Waals surface area contributed by atoms with Crippen LogP contribution < -0.4 is 4.90 Å². The van der Waals surface area contributed by atoms with E-state index in [2.05, 4.69) is 5.92 Å². The largest absolute Gasteiger partial charge is 0.363 e. The average molecular weight is 246 g/mol. The number of anilines is 1. The Morgan fingerprint density at radius 2 is 1.68 bits per heavy atom. The Bertz CT molecular complexity index is 639. The van der Waals surface area contributed by atoms with E-state index in [9.17, 15) is 0 Å². The molecule has 0 saturated carbocycles. The normalized spacial score (nSPS) is 8.26. The molecule has 0 amide bonds. The molecule has 0 aromatic heterocycles. The number of nitrogens with zero attached hydrogens (tertiary/aromatic N) is 4. The van der Waals surface area contributed by atoms with Crippen molar-refractivity contribution in [3.05, 3.63) is 35.4 Å². The number of nitriles is 3. The molecule has 19 heavy (non-hydrogen) atoms. The maximum Gasteiger partial charge on any atom is 0.148 e. The van der Waals surface area contributed by atoms with Gasteiger partial charge in [0.2, 0.25) is 0 Å². The summed E-state index contributed by atoms with van der Waals surface area (Å²) in [6, 6.07) is 12.3. The van der Waals surface area contributed by atoms with Gasteiger partial charge in [-0.3, -0.25) is 0 Å². The van der Waals surface area contributed by atoms with E-state index < -0.39 is 0 Å². The van der Waals surface area contributed by atoms with E-state index in [0.717, 1.165) is 5.69 Å². The Hall–Kier alpha value is -3.21. The van der Waals surface area contributed by atoms with Crippen LogP contribution in [-0.2, 0) is 0 Å². The second-order valence-corrected chi connectivity index (χ2v) is 3.69. The molecule has 0 spiro atoms. The molecule has 0 atom stereocenters. The minimum absolute atomic E-state index is 0.0798. The second kappa shape index (κ2) is 6.51. The van der Waals surface area contributed by atoms with Crippen molar-refractivity contribution in [3.8, 4) is 30.6 Å². The number of benzene rings is 1. The number of allylic oxidation sites excluding steroid dienone is 2. The van der Waals surface area contributed by atoms with Crippen molar-refractivity contribution in [1.82, 2.24) is 0 Å². The Morgan fingerprint density at radius 1 is 1.11 bits per heavy atom. The molecule has 0 unspecified atom stereocenters. The fourth-order valence-corrected chi connectivity index (χ4v) is 1.51. The molecule has 0 aliphatic rings. The molecular formula is C15H10N4. The van der Waals surface area contributed by atoms with Gasteiger partial charge < -0.3 is 4.90 Å². The summed E-state index contributed by atoms with van der Waals surface area (Å²) in [6.45, 7) is 0.474. The van der Waals surface area contributed by atoms with Crippen molar-refractivity contribution in [2.24, 2.45) is 0 Å². The van der Waals surface area contributed by atoms with Crippen LogP contribution in [0.3, 0.4) is 0 Å². The molecule has 0 fully saturated rings. The van der Waals surface area contributed by atoms with Gasteiger partial charge >= 0.3 is 0 Å². The summed E-state index contributed by atoms with van der Waals surface area (Å²) in [5.74, 6) is 2.53. The number of hydrogen-bond donors (Lipinski definition) is 0. The highest BCUT2D eigenvalue weighted by atomic mass is 15.1. The number of rotatable bonds is 3. The highest BCUT2D eigenvalue weighted by Gasteiger charge is 2.09. The summed E-state index contributed by atoms with van der Waals surface area (Å²) in [5, 5.41) is 26.6. The van der Waals surface area contributed by atoms with Crippen molar-refractivity contribution in [1.29, 1.82) is 15.8 Å². The fraction of sp³-hybridized carbons (Fsp3) is 0.133. The summed E-state index contributed by atoms with van der Waals surface area (Å²) in [6.07, 6.45) is 5.23. The van der Waals surface area contributed by atoms with Crippen LogP contribution in [0.4, 0.5) is 5.69 Å². The van der Waals surface area contributed by atoms with E-state index in [1.165, 1.54) is 0 Å². The van der Waals surface area contributed by atoms with Crippen LogP contribution in [0.15, 0.2) is 29.8 Å². The summed E-state index contributed by atoms with van der Waals surface area (Å²) in [7, 11) is 1.85. The Labute approximate surface area is 112 Å². The van der Waals surface area contributed by atoms with Gasteiger partial charge in [0.1, 0.15) is 23.8 Å². The summed E-state index contributed by atoms with van der Waals surface area (Å²) in [5.41, 5.74) is 1.33. The van der Waals surface area contributed by atoms with Gasteiger partial charge in [0.05, 0.1) is 12.1 Å². The van der Waals surface area contributed by atoms with Gasteiger partial charge in [-0.05, 0) is 17.7 Å². The van der Waals surface area contributed by atoms with E-state index in [1.54, 1.807) is 36.4 Å². The molecule has 0 saturated heterocycles. The van der Waals surface area contributed by atoms with Gasteiger partial charge in [-0.2, -0.15) is 15.8 Å². The molecule has 0 aliphatic carbocycles. The molecule has 4 nitrogen and oxygen atoms in total. The van der Waals surface area contributed by atoms with Gasteiger partial charge in [0.25, 0.3) is 0 Å². The molecule has 1 aromatic rings. The monoisotopic (exact) mass is 246 g/mol. The molecule has 0 aliphatic heterocycles. The van der Waals surface area contributed by atoms with E-state index in [-0.39, 0.29) is 11.1 Å². The fourth-order valence-electron chi connectivity index (χ4n) is 1.51. The van der Waals surface area contributed by atoms with E-state index >= 15 is 0 Å². The SMILES string of the molecule is C#CCN(C)c1ccc(C(C#N)=C(C#N)C#N)cc1. The lowest BCUT2D eigenvalue weighted by atomic mass is 10.0. The maximum atomic E-state index is 9.03. The number of hydrogen-bond acceptors (Lipinski definition) is 4. The molecular weight excluding hydrogens is 236 g/mol. The summed E-state index contributed by atoms with van der Waals surface area (Å²) >= 11 is 0. The zero-order valence-electron chi connectivity index (χ0n) is 10.4. The molecule has 0 heterocycles. The average Bonchev–Trinajstić information content (AvgIpc) is 2.45. The minimum atomic E-state index is -0.188. The summed E-state index contributed by atoms with van der Waals surface area (Å²) < 4.78 is 0. The first-order valence-corrected chi connectivity index (χ1v) is 5.37. The topological polar surface area (TPSA) is 74.6 Å². The third kappa shape index (κ3) is 3.13. The van der Waals surface area contributed by atoms with Crippen LogP contribution in [0.25, 0.3) is 5.57 Å². The van der Waals surface area contributed by atoms with Gasteiger partial charge in [0.15, 0.2) is 0 Å². The van der Waals surface area contributed by atoms with Crippen molar-refractivity contribution >= 4 is 11.3 Å². The minimum Gasteiger partial charge on any atom is -0.363 e. The molecule has 0 N–H and O–H groups in total. The quantitative estimate of drug-likeness (QED) is 0.604. The maximum absolute atomic E-state index is 9.03. The van der Waals surface area contributed by atoms with Gasteiger partial charge in [-0.15, -0.1) is 6.42 Å². The van der Waals surface area contributed by atoms with Crippen LogP contribution in [0.1, 0.15) is 5.56 Å². The first-order valence-electron chi connectivity index (χ1n) is 5.37. The van der Waals surface area contributed by atoms with Crippen molar-refractivity contribution in [2.45, 2.75) is 0 Å². The molecule has 1 rings (SSSR count). The van der Waals surface area contributed by atoms with E-state index in [1.807, 2.05) is 18.0 Å². The van der Waals surface area contributed by atoms with Crippen LogP contribution in [0.2, 0.25) is 0 Å². The Kier molecular flexibility index (Phi) is 4.74. The molecule has 90 valence electrons. The first-order chi connectivity index (χ1) is 9.17. The lowest BCUT2D eigenvalue weighted by Gasteiger charge is -2.16. The number of terminal acetylenes is 1. The standard InChI is InChI=1S/C15H10N4/c1-3-8-19(2)14-6-4-12(5-7-14)15(11-18)13(9-16)10-17/h1,4-7H,8H2,2H3. The van der Waals surface area contributed by atoms with Crippen LogP contribution in [0, 0.1) is 46.3 Å². The molecule has 0 radical (unpaired) electrons. The lowest BCUT2D eigenvalue weighted by Crippen LogP contribution is -2.16. The lowest BCUT2D eigenvalue weighted by molar-refractivity contribution is 1.05. The Morgan fingerprint density at radius 3 is 2.11 bits per heavy atom. The smallest absolute Gasteiger partial charge is 0.148 e. The van der Waals surface area contributed by atoms with Crippen molar-refractivity contribution < 1.29 is 0 Å². The highest BCUT2D eigenvalue weighted by Crippen LogP contribution is 2.21. The third-order valence-corrected chi connectivity index (χ3v) is 2.51. The van der Waals surface area contributed by atoms with E-state index in [4.69, 9.17) is 22.2 Å². The predicted octanol–water partition coefficient (Wildman–Crippen LogP) is 2.08. The van der Waals surface area contributed by atoms with Gasteiger partial charge in [-0.1, -0.05) is 18.1 Å². The summed E-state index contributed by atoms with van der Waals surface area (Å²) in [4.78, 5) is 1.87. The van der Waals surface area contributed by atoms with Crippen LogP contribution >= 0.6 is 0 Å². The molecule has 4 heteroatoms. The van der Waals surface area contributed by atoms with E-state index in [0.29, 0.717) is 12.1 Å². The first kappa shape index (κ1) is 13.9. The van der Waals surface area contributed by atoms with Crippen LogP contribution in [-0.4, -0.2) is 13.6 Å². The zero-order chi connectivity index (χ0) is 14.3. The van der Waals surface area contributed by atoms with Gasteiger partial charge in [0, 0.05) is 12.7 Å². The van der Waals surface area contributed by atoms with Crippen LogP contribution in [0.5, 0.6) is 0 Å². The molecule has 1 aromatic carbocycles. The zero-order valence-corrected chi connectivity index (χ0v) is 10.4. The van der Waals surface area contributed by atoms with Crippen molar-refractivity contribution in [3.63, 3.8) is 0 Å². The van der Waals surface area contributed by atoms with Crippen molar-refractivity contribution in [2.75, 3.05) is 18.5 Å². The predicted molar refractivity (Wildman–Crippen MR) is 72.3 cm³/mol. The second-order valence-electron chi connectivity index (χ2n) is 3.69.